The number of benzene rings is 2. The lowest BCUT2D eigenvalue weighted by atomic mass is 9.98. The Morgan fingerprint density at radius 3 is 2.62 bits per heavy atom. The molecule has 0 aliphatic carbocycles. The Bertz CT molecular complexity index is 1590. The quantitative estimate of drug-likeness (QED) is 0.274. The standard InChI is InChI=1S/C29H27F3N6O2/c1-17(2)5-7-20-10-23(29(30,31)32)12-24(27(20)40-4)35-28(39)21-8-6-18(3)26(11-21)38-16-25(36-37-38)22-9-19(13-33)14-34-15-22/h6,8-12,14-17H,5,7H2,1-4H3,(H,35,39). The van der Waals surface area contributed by atoms with Crippen LogP contribution in [0.5, 0.6) is 5.75 Å². The van der Waals surface area contributed by atoms with Gasteiger partial charge in [-0.1, -0.05) is 25.1 Å². The number of carbonyl (C=O) groups is 1. The fourth-order valence-electron chi connectivity index (χ4n) is 4.16. The molecule has 2 heterocycles. The van der Waals surface area contributed by atoms with Crippen LogP contribution in [0.3, 0.4) is 0 Å². The number of anilines is 1. The maximum Gasteiger partial charge on any atom is 0.416 e. The summed E-state index contributed by atoms with van der Waals surface area (Å²) in [5, 5.41) is 20.1. The first-order valence-electron chi connectivity index (χ1n) is 12.5. The van der Waals surface area contributed by atoms with E-state index < -0.39 is 17.6 Å². The number of pyridine rings is 1. The molecule has 0 saturated carbocycles. The summed E-state index contributed by atoms with van der Waals surface area (Å²) >= 11 is 0. The Balaban J connectivity index is 1.67. The summed E-state index contributed by atoms with van der Waals surface area (Å²) in [5.41, 5.74) is 2.43. The molecule has 0 radical (unpaired) electrons. The number of halogens is 3. The van der Waals surface area contributed by atoms with Crippen molar-refractivity contribution < 1.29 is 22.7 Å². The van der Waals surface area contributed by atoms with E-state index in [1.54, 1.807) is 36.7 Å². The highest BCUT2D eigenvalue weighted by Crippen LogP contribution is 2.39. The van der Waals surface area contributed by atoms with Crippen LogP contribution in [0, 0.1) is 24.2 Å². The van der Waals surface area contributed by atoms with Gasteiger partial charge in [-0.25, -0.2) is 4.68 Å². The molecule has 0 saturated heterocycles. The van der Waals surface area contributed by atoms with E-state index in [9.17, 15) is 18.0 Å². The lowest BCUT2D eigenvalue weighted by molar-refractivity contribution is -0.137. The normalized spacial score (nSPS) is 11.4. The molecule has 0 spiro atoms. The molecule has 8 nitrogen and oxygen atoms in total. The number of amides is 1. The van der Waals surface area contributed by atoms with Crippen LogP contribution in [0.1, 0.15) is 52.9 Å². The van der Waals surface area contributed by atoms with Crippen LogP contribution in [-0.4, -0.2) is 33.0 Å². The molecule has 206 valence electrons. The van der Waals surface area contributed by atoms with Crippen molar-refractivity contribution in [2.45, 2.75) is 39.8 Å². The van der Waals surface area contributed by atoms with Crippen molar-refractivity contribution in [3.05, 3.63) is 82.8 Å². The third-order valence-electron chi connectivity index (χ3n) is 6.31. The molecular weight excluding hydrogens is 521 g/mol. The van der Waals surface area contributed by atoms with Crippen LogP contribution in [0.25, 0.3) is 16.9 Å². The van der Waals surface area contributed by atoms with Gasteiger partial charge < -0.3 is 10.1 Å². The van der Waals surface area contributed by atoms with Crippen LogP contribution < -0.4 is 10.1 Å². The van der Waals surface area contributed by atoms with Gasteiger partial charge in [-0.05, 0) is 67.1 Å². The van der Waals surface area contributed by atoms with E-state index >= 15 is 0 Å². The van der Waals surface area contributed by atoms with E-state index in [1.807, 2.05) is 26.8 Å². The number of hydrogen-bond donors (Lipinski definition) is 1. The largest absolute Gasteiger partial charge is 0.494 e. The Labute approximate surface area is 229 Å². The second-order valence-electron chi connectivity index (χ2n) is 9.72. The number of nitrogens with zero attached hydrogens (tertiary/aromatic N) is 5. The average Bonchev–Trinajstić information content (AvgIpc) is 3.41. The van der Waals surface area contributed by atoms with Crippen molar-refractivity contribution in [3.8, 4) is 28.8 Å². The Kier molecular flexibility index (Phi) is 8.18. The maximum atomic E-state index is 13.7. The SMILES string of the molecule is COc1c(CCC(C)C)cc(C(F)(F)F)cc1NC(=O)c1ccc(C)c(-n2cc(-c3cncc(C#N)c3)nn2)c1. The number of hydrogen-bond acceptors (Lipinski definition) is 6. The summed E-state index contributed by atoms with van der Waals surface area (Å²) in [6.45, 7) is 5.79. The van der Waals surface area contributed by atoms with E-state index in [0.29, 0.717) is 40.9 Å². The minimum absolute atomic E-state index is 0.0591. The summed E-state index contributed by atoms with van der Waals surface area (Å²) < 4.78 is 48.1. The van der Waals surface area contributed by atoms with Gasteiger partial charge in [0.25, 0.3) is 5.91 Å². The zero-order chi connectivity index (χ0) is 29.0. The lowest BCUT2D eigenvalue weighted by Gasteiger charge is -2.19. The van der Waals surface area contributed by atoms with Gasteiger partial charge in [0.15, 0.2) is 0 Å². The van der Waals surface area contributed by atoms with E-state index in [4.69, 9.17) is 10.00 Å². The number of aryl methyl sites for hydroxylation is 2. The number of methoxy groups -OCH3 is 1. The van der Waals surface area contributed by atoms with Gasteiger partial charge in [-0.3, -0.25) is 9.78 Å². The Hall–Kier alpha value is -4.72. The van der Waals surface area contributed by atoms with E-state index in [-0.39, 0.29) is 22.9 Å². The highest BCUT2D eigenvalue weighted by Gasteiger charge is 2.33. The fraction of sp³-hybridized carbons (Fsp3) is 0.276. The molecule has 4 rings (SSSR count). The van der Waals surface area contributed by atoms with Crippen molar-refractivity contribution in [1.82, 2.24) is 20.0 Å². The molecule has 4 aromatic rings. The second-order valence-corrected chi connectivity index (χ2v) is 9.72. The average molecular weight is 549 g/mol. The van der Waals surface area contributed by atoms with Gasteiger partial charge in [0.05, 0.1) is 35.8 Å². The summed E-state index contributed by atoms with van der Waals surface area (Å²) in [6.07, 6.45) is 1.06. The van der Waals surface area contributed by atoms with Gasteiger partial charge >= 0.3 is 6.18 Å². The van der Waals surface area contributed by atoms with Gasteiger partial charge in [-0.15, -0.1) is 5.10 Å². The molecule has 0 aliphatic heterocycles. The molecule has 0 bridgehead atoms. The maximum absolute atomic E-state index is 13.7. The van der Waals surface area contributed by atoms with E-state index in [0.717, 1.165) is 17.7 Å². The molecule has 0 fully saturated rings. The van der Waals surface area contributed by atoms with E-state index in [1.165, 1.54) is 18.0 Å². The molecule has 2 aromatic heterocycles. The first-order chi connectivity index (χ1) is 19.0. The minimum Gasteiger partial charge on any atom is -0.494 e. The third-order valence-corrected chi connectivity index (χ3v) is 6.31. The van der Waals surface area contributed by atoms with Crippen molar-refractivity contribution in [3.63, 3.8) is 0 Å². The lowest BCUT2D eigenvalue weighted by Crippen LogP contribution is -2.16. The summed E-state index contributed by atoms with van der Waals surface area (Å²) in [6, 6.07) is 10.5. The number of nitrogens with one attached hydrogen (secondary N) is 1. The Morgan fingerprint density at radius 2 is 1.95 bits per heavy atom. The summed E-state index contributed by atoms with van der Waals surface area (Å²) in [7, 11) is 1.37. The fourth-order valence-corrected chi connectivity index (χ4v) is 4.16. The van der Waals surface area contributed by atoms with Crippen LogP contribution in [0.2, 0.25) is 0 Å². The van der Waals surface area contributed by atoms with E-state index in [2.05, 4.69) is 20.6 Å². The number of ether oxygens (including phenoxy) is 1. The number of carbonyl (C=O) groups excluding carboxylic acids is 1. The van der Waals surface area contributed by atoms with Crippen LogP contribution in [-0.2, 0) is 12.6 Å². The Morgan fingerprint density at radius 1 is 1.18 bits per heavy atom. The predicted octanol–water partition coefficient (Wildman–Crippen LogP) is 6.38. The number of alkyl halides is 3. The molecule has 40 heavy (non-hydrogen) atoms. The molecule has 2 aromatic carbocycles. The highest BCUT2D eigenvalue weighted by molar-refractivity contribution is 6.05. The van der Waals surface area contributed by atoms with Crippen molar-refractivity contribution in [2.24, 2.45) is 5.92 Å². The minimum atomic E-state index is -4.59. The third kappa shape index (κ3) is 6.29. The second kappa shape index (κ2) is 11.6. The molecular formula is C29H27F3N6O2. The highest BCUT2D eigenvalue weighted by atomic mass is 19.4. The van der Waals surface area contributed by atoms with Gasteiger partial charge in [0.2, 0.25) is 0 Å². The van der Waals surface area contributed by atoms with Gasteiger partial charge in [-0.2, -0.15) is 18.4 Å². The first kappa shape index (κ1) is 28.3. The van der Waals surface area contributed by atoms with Gasteiger partial charge in [0, 0.05) is 23.5 Å². The summed E-state index contributed by atoms with van der Waals surface area (Å²) in [4.78, 5) is 17.3. The zero-order valence-corrected chi connectivity index (χ0v) is 22.4. The monoisotopic (exact) mass is 548 g/mol. The number of aromatic nitrogens is 4. The molecule has 0 aliphatic rings. The molecule has 0 unspecified atom stereocenters. The smallest absolute Gasteiger partial charge is 0.416 e. The van der Waals surface area contributed by atoms with Crippen LogP contribution in [0.15, 0.2) is 55.0 Å². The molecule has 11 heteroatoms. The molecule has 1 N–H and O–H groups in total. The van der Waals surface area contributed by atoms with Crippen LogP contribution in [0.4, 0.5) is 18.9 Å². The first-order valence-corrected chi connectivity index (χ1v) is 12.5. The van der Waals surface area contributed by atoms with Crippen LogP contribution >= 0.6 is 0 Å². The topological polar surface area (TPSA) is 106 Å². The zero-order valence-electron chi connectivity index (χ0n) is 22.4. The van der Waals surface area contributed by atoms with Gasteiger partial charge in [0.1, 0.15) is 17.5 Å². The number of rotatable bonds is 8. The van der Waals surface area contributed by atoms with Crippen molar-refractivity contribution >= 4 is 11.6 Å². The molecule has 0 atom stereocenters. The van der Waals surface area contributed by atoms with Crippen molar-refractivity contribution in [2.75, 3.05) is 12.4 Å². The molecule has 1 amide bonds. The number of nitriles is 1. The summed E-state index contributed by atoms with van der Waals surface area (Å²) in [5.74, 6) is -0.143. The predicted molar refractivity (Wildman–Crippen MR) is 143 cm³/mol. The van der Waals surface area contributed by atoms with Crippen molar-refractivity contribution in [1.29, 1.82) is 5.26 Å².